The molecule has 7 heteroatoms. The minimum absolute atomic E-state index is 0.0463. The molecule has 2 heterocycles. The topological polar surface area (TPSA) is 51.2 Å². The lowest BCUT2D eigenvalue weighted by molar-refractivity contribution is -0.133. The van der Waals surface area contributed by atoms with E-state index in [1.165, 1.54) is 13.2 Å². The van der Waals surface area contributed by atoms with E-state index >= 15 is 0 Å². The van der Waals surface area contributed by atoms with E-state index in [-0.39, 0.29) is 17.7 Å². The maximum atomic E-state index is 14.1. The third-order valence-corrected chi connectivity index (χ3v) is 6.18. The minimum atomic E-state index is -0.414. The number of hydrogen-bond donors (Lipinski definition) is 0. The molecule has 0 bridgehead atoms. The van der Waals surface area contributed by atoms with Crippen LogP contribution in [0.4, 0.5) is 4.39 Å². The van der Waals surface area contributed by atoms with Gasteiger partial charge in [-0.05, 0) is 61.7 Å². The molecular formula is C25H31FN2O4. The molecule has 1 saturated heterocycles. The third kappa shape index (κ3) is 4.99. The summed E-state index contributed by atoms with van der Waals surface area (Å²) in [5, 5.41) is 0. The van der Waals surface area contributed by atoms with Crippen LogP contribution in [0.25, 0.3) is 0 Å². The van der Waals surface area contributed by atoms with Gasteiger partial charge in [0.1, 0.15) is 0 Å². The van der Waals surface area contributed by atoms with Gasteiger partial charge in [-0.3, -0.25) is 9.69 Å². The summed E-state index contributed by atoms with van der Waals surface area (Å²) in [7, 11) is 1.44. The fraction of sp³-hybridized carbons (Fsp3) is 0.480. The Bertz CT molecular complexity index is 952. The van der Waals surface area contributed by atoms with Crippen LogP contribution in [0.3, 0.4) is 0 Å². The predicted molar refractivity (Wildman–Crippen MR) is 120 cm³/mol. The summed E-state index contributed by atoms with van der Waals surface area (Å²) in [6.07, 6.45) is 2.92. The Hall–Kier alpha value is -2.80. The number of rotatable bonds is 7. The van der Waals surface area contributed by atoms with Gasteiger partial charge in [0.25, 0.3) is 0 Å². The summed E-state index contributed by atoms with van der Waals surface area (Å²) < 4.78 is 30.6. The average molecular weight is 443 g/mol. The first kappa shape index (κ1) is 22.4. The highest BCUT2D eigenvalue weighted by Crippen LogP contribution is 2.37. The molecule has 0 aromatic heterocycles. The monoisotopic (exact) mass is 442 g/mol. The van der Waals surface area contributed by atoms with E-state index < -0.39 is 5.82 Å². The molecule has 0 aliphatic carbocycles. The first-order chi connectivity index (χ1) is 15.6. The Morgan fingerprint density at radius 3 is 2.72 bits per heavy atom. The van der Waals surface area contributed by atoms with E-state index in [2.05, 4.69) is 17.0 Å². The highest BCUT2D eigenvalue weighted by atomic mass is 19.1. The number of carbonyl (C=O) groups excluding carboxylic acids is 1. The van der Waals surface area contributed by atoms with Crippen LogP contribution in [0.15, 0.2) is 36.4 Å². The van der Waals surface area contributed by atoms with Crippen LogP contribution in [0, 0.1) is 5.82 Å². The van der Waals surface area contributed by atoms with Crippen LogP contribution in [-0.4, -0.2) is 55.7 Å². The zero-order chi connectivity index (χ0) is 22.5. The van der Waals surface area contributed by atoms with Crippen molar-refractivity contribution in [1.82, 2.24) is 9.80 Å². The molecule has 2 aromatic carbocycles. The molecule has 0 saturated carbocycles. The van der Waals surface area contributed by atoms with Crippen molar-refractivity contribution in [3.63, 3.8) is 0 Å². The molecule has 1 amide bonds. The smallest absolute Gasteiger partial charge is 0.237 e. The van der Waals surface area contributed by atoms with Gasteiger partial charge in [0.15, 0.2) is 23.1 Å². The van der Waals surface area contributed by atoms with Gasteiger partial charge in [0.05, 0.1) is 26.9 Å². The van der Waals surface area contributed by atoms with E-state index in [0.717, 1.165) is 48.4 Å². The molecule has 0 radical (unpaired) electrons. The Morgan fingerprint density at radius 2 is 1.97 bits per heavy atom. The summed E-state index contributed by atoms with van der Waals surface area (Å²) in [4.78, 5) is 17.1. The normalized spacial score (nSPS) is 18.3. The second kappa shape index (κ2) is 10.2. The van der Waals surface area contributed by atoms with Gasteiger partial charge in [-0.15, -0.1) is 0 Å². The number of likely N-dealkylation sites (tertiary alicyclic amines) is 1. The first-order valence-corrected chi connectivity index (χ1v) is 11.3. The van der Waals surface area contributed by atoms with Crippen molar-refractivity contribution in [3.8, 4) is 17.2 Å². The van der Waals surface area contributed by atoms with Crippen LogP contribution >= 0.6 is 0 Å². The summed E-state index contributed by atoms with van der Waals surface area (Å²) in [5.41, 5.74) is 1.90. The van der Waals surface area contributed by atoms with Gasteiger partial charge in [-0.2, -0.15) is 0 Å². The molecular weight excluding hydrogens is 411 g/mol. The van der Waals surface area contributed by atoms with Crippen LogP contribution in [0.1, 0.15) is 43.4 Å². The van der Waals surface area contributed by atoms with Gasteiger partial charge in [0.2, 0.25) is 5.91 Å². The molecule has 32 heavy (non-hydrogen) atoms. The van der Waals surface area contributed by atoms with Crippen LogP contribution in [0.2, 0.25) is 0 Å². The zero-order valence-corrected chi connectivity index (χ0v) is 18.8. The number of ether oxygens (including phenoxy) is 3. The number of nitrogens with zero attached hydrogens (tertiary/aromatic N) is 2. The maximum Gasteiger partial charge on any atom is 0.237 e. The molecule has 6 nitrogen and oxygen atoms in total. The Kier molecular flexibility index (Phi) is 7.15. The van der Waals surface area contributed by atoms with Gasteiger partial charge >= 0.3 is 0 Å². The number of methoxy groups -OCH3 is 1. The number of fused-ring (bicyclic) bond motifs is 1. The molecule has 1 unspecified atom stereocenters. The van der Waals surface area contributed by atoms with E-state index in [1.54, 1.807) is 17.0 Å². The zero-order valence-electron chi connectivity index (χ0n) is 18.8. The van der Waals surface area contributed by atoms with Gasteiger partial charge in [0, 0.05) is 25.6 Å². The van der Waals surface area contributed by atoms with Crippen LogP contribution in [-0.2, 0) is 11.3 Å². The predicted octanol–water partition coefficient (Wildman–Crippen LogP) is 4.18. The summed E-state index contributed by atoms with van der Waals surface area (Å²) in [6, 6.07) is 11.1. The molecule has 1 fully saturated rings. The van der Waals surface area contributed by atoms with Gasteiger partial charge in [-0.25, -0.2) is 4.39 Å². The Morgan fingerprint density at radius 1 is 1.16 bits per heavy atom. The number of amides is 1. The quantitative estimate of drug-likeness (QED) is 0.644. The number of hydrogen-bond acceptors (Lipinski definition) is 5. The summed E-state index contributed by atoms with van der Waals surface area (Å²) >= 11 is 0. The molecule has 2 aromatic rings. The van der Waals surface area contributed by atoms with Gasteiger partial charge in [-0.1, -0.05) is 12.1 Å². The number of carbonyl (C=O) groups is 1. The second-order valence-electron chi connectivity index (χ2n) is 8.26. The van der Waals surface area contributed by atoms with Crippen molar-refractivity contribution in [1.29, 1.82) is 0 Å². The second-order valence-corrected chi connectivity index (χ2v) is 8.26. The Balaban J connectivity index is 1.43. The van der Waals surface area contributed by atoms with E-state index in [1.807, 2.05) is 13.0 Å². The van der Waals surface area contributed by atoms with Crippen LogP contribution < -0.4 is 14.2 Å². The number of benzene rings is 2. The van der Waals surface area contributed by atoms with Crippen molar-refractivity contribution >= 4 is 5.91 Å². The molecule has 2 aliphatic heterocycles. The lowest BCUT2D eigenvalue weighted by Gasteiger charge is -2.28. The summed E-state index contributed by atoms with van der Waals surface area (Å²) in [6.45, 7) is 5.42. The van der Waals surface area contributed by atoms with E-state index in [4.69, 9.17) is 14.2 Å². The van der Waals surface area contributed by atoms with Crippen molar-refractivity contribution in [2.75, 3.05) is 40.0 Å². The first-order valence-electron chi connectivity index (χ1n) is 11.3. The molecule has 0 spiro atoms. The highest BCUT2D eigenvalue weighted by Gasteiger charge is 2.30. The molecule has 0 N–H and O–H groups in total. The van der Waals surface area contributed by atoms with Crippen molar-refractivity contribution in [3.05, 3.63) is 53.3 Å². The Labute approximate surface area is 188 Å². The van der Waals surface area contributed by atoms with Crippen molar-refractivity contribution < 1.29 is 23.4 Å². The van der Waals surface area contributed by atoms with Crippen molar-refractivity contribution in [2.45, 2.75) is 38.8 Å². The van der Waals surface area contributed by atoms with Crippen LogP contribution in [0.5, 0.6) is 17.2 Å². The fourth-order valence-corrected chi connectivity index (χ4v) is 4.46. The third-order valence-electron chi connectivity index (χ3n) is 6.18. The minimum Gasteiger partial charge on any atom is -0.494 e. The average Bonchev–Trinajstić information content (AvgIpc) is 3.12. The molecule has 2 aliphatic rings. The lowest BCUT2D eigenvalue weighted by atomic mass is 10.0. The largest absolute Gasteiger partial charge is 0.494 e. The fourth-order valence-electron chi connectivity index (χ4n) is 4.46. The molecule has 1 atom stereocenters. The lowest BCUT2D eigenvalue weighted by Crippen LogP contribution is -2.39. The standard InChI is InChI=1S/C25H31FN2O4/c1-3-27(16-18-7-9-22(30-2)20(26)14-18)25(29)17-28-11-4-6-21(28)19-8-10-23-24(15-19)32-13-5-12-31-23/h7-10,14-15,21H,3-6,11-13,16-17H2,1-2H3. The molecule has 4 rings (SSSR count). The SMILES string of the molecule is CCN(Cc1ccc(OC)c(F)c1)C(=O)CN1CCCC1c1ccc2c(c1)OCCCO2. The van der Waals surface area contributed by atoms with E-state index in [9.17, 15) is 9.18 Å². The van der Waals surface area contributed by atoms with E-state index in [0.29, 0.717) is 32.8 Å². The molecule has 172 valence electrons. The number of halogens is 1. The summed E-state index contributed by atoms with van der Waals surface area (Å²) in [5.74, 6) is 1.41. The maximum absolute atomic E-state index is 14.1. The van der Waals surface area contributed by atoms with Gasteiger partial charge < -0.3 is 19.1 Å². The number of likely N-dealkylation sites (N-methyl/N-ethyl adjacent to an activating group) is 1. The van der Waals surface area contributed by atoms with Crippen molar-refractivity contribution in [2.24, 2.45) is 0 Å². The highest BCUT2D eigenvalue weighted by molar-refractivity contribution is 5.78.